The van der Waals surface area contributed by atoms with Crippen molar-refractivity contribution in [3.05, 3.63) is 0 Å². The highest BCUT2D eigenvalue weighted by atomic mass is 32.1. The smallest absolute Gasteiger partial charge is 0.307 e. The molecule has 0 saturated heterocycles. The fourth-order valence-electron chi connectivity index (χ4n) is 3.67. The minimum atomic E-state index is -1.03. The number of rotatable bonds is 20. The lowest BCUT2D eigenvalue weighted by atomic mass is 9.79. The summed E-state index contributed by atoms with van der Waals surface area (Å²) >= 11 is 36.7. The average molecular weight is 1240 g/mol. The largest absolute Gasteiger partial charge is 0.481 e. The second kappa shape index (κ2) is 77.3. The van der Waals surface area contributed by atoms with Crippen molar-refractivity contribution >= 4 is 164 Å². The lowest BCUT2D eigenvalue weighted by Gasteiger charge is -2.24. The topological polar surface area (TPSA) is 434 Å². The molecule has 0 aromatic carbocycles. The second-order valence-corrected chi connectivity index (χ2v) is 16.8. The number of aliphatic hydroxyl groups is 12. The number of carbonyl (C=O) groups excluding carboxylic acids is 3. The van der Waals surface area contributed by atoms with Gasteiger partial charge in [0.15, 0.2) is 6.79 Å². The van der Waals surface area contributed by atoms with E-state index in [1.165, 1.54) is 0 Å². The van der Waals surface area contributed by atoms with Gasteiger partial charge in [0.05, 0.1) is 75.2 Å². The summed E-state index contributed by atoms with van der Waals surface area (Å²) in [6.07, 6.45) is 2.44. The number of carboxylic acids is 3. The summed E-state index contributed by atoms with van der Waals surface area (Å²) in [5, 5.41) is 123. The van der Waals surface area contributed by atoms with Crippen LogP contribution in [-0.4, -0.2) is 241 Å². The van der Waals surface area contributed by atoms with Crippen LogP contribution in [0.2, 0.25) is 0 Å². The predicted molar refractivity (Wildman–Crippen MR) is 303 cm³/mol. The van der Waals surface area contributed by atoms with Gasteiger partial charge in [0.1, 0.15) is 22.9 Å². The van der Waals surface area contributed by atoms with Gasteiger partial charge in [-0.2, -0.15) is 88.4 Å². The van der Waals surface area contributed by atoms with Gasteiger partial charge >= 0.3 is 17.9 Å². The van der Waals surface area contributed by atoms with Crippen molar-refractivity contribution in [2.75, 3.05) is 86.0 Å². The van der Waals surface area contributed by atoms with E-state index < -0.39 is 71.8 Å². The minimum Gasteiger partial charge on any atom is -0.481 e. The van der Waals surface area contributed by atoms with Crippen molar-refractivity contribution in [3.63, 3.8) is 0 Å². The quantitative estimate of drug-likeness (QED) is 0.0278. The Hall–Kier alpha value is -0.160. The van der Waals surface area contributed by atoms with Crippen LogP contribution in [0.25, 0.3) is 0 Å². The fraction of sp³-hybridized carbons (Fsp3) is 0.842. The lowest BCUT2D eigenvalue weighted by molar-refractivity contribution is -0.155. The van der Waals surface area contributed by atoms with Crippen molar-refractivity contribution in [1.29, 1.82) is 0 Å². The molecule has 438 valence electrons. The Balaban J connectivity index is -0.0000000890. The Morgan fingerprint density at radius 3 is 0.958 bits per heavy atom. The van der Waals surface area contributed by atoms with E-state index in [9.17, 15) is 19.2 Å². The molecule has 2 aliphatic carbocycles. The summed E-state index contributed by atoms with van der Waals surface area (Å²) in [6.45, 7) is -0.00162. The number of aliphatic hydroxyl groups excluding tert-OH is 12. The molecule has 2 fully saturated rings. The molecule has 2 rings (SSSR count). The van der Waals surface area contributed by atoms with E-state index >= 15 is 0 Å². The van der Waals surface area contributed by atoms with Gasteiger partial charge in [0.2, 0.25) is 0 Å². The number of aliphatic carboxylic acids is 3. The standard InChI is InChI=1S/2C8H12O4.C4H10O2S2.2C3H8O2S.C2H4O3.C2H6O2S2.C2H4O2S.C2H6O2.C2H6OS.C2H6S2/c9-5-12-7-3-1-6(2-4-7)8(10)11;9-7(10)5-3-1-2-4-6(5)8(11)12;5-3(1-7)4(6)2-8;2*4-1-3(5)2-6;3-1-5-2-4;3-1(5)2(4)6;3-1-4-2-5;3*3-1-2-4/h5-7H,1-4H2,(H,10,11);5-6H,1-4H2,(H,9,10)(H,11,12);3-8H,1-2H2;2*3-6H,1-2H2;1,4H,2H2;1-6H;1,5H,2H2;3*3-4H,1-2H2. The van der Waals surface area contributed by atoms with Gasteiger partial charge in [-0.3, -0.25) is 28.8 Å². The van der Waals surface area contributed by atoms with Crippen LogP contribution in [0.4, 0.5) is 0 Å². The van der Waals surface area contributed by atoms with E-state index in [-0.39, 0.29) is 69.0 Å². The number of carbonyl (C=O) groups is 6. The summed E-state index contributed by atoms with van der Waals surface area (Å²) in [5.41, 5.74) is -2.07. The van der Waals surface area contributed by atoms with E-state index in [2.05, 4.69) is 136 Å². The summed E-state index contributed by atoms with van der Waals surface area (Å²) in [6, 6.07) is 0. The first-order chi connectivity index (χ1) is 33.9. The van der Waals surface area contributed by atoms with Crippen LogP contribution >= 0.6 is 126 Å². The van der Waals surface area contributed by atoms with Gasteiger partial charge in [0, 0.05) is 28.8 Å². The third-order valence-corrected chi connectivity index (χ3v) is 10.7. The Morgan fingerprint density at radius 2 is 0.833 bits per heavy atom. The number of ether oxygens (including phenoxy) is 3. The molecule has 2 aliphatic rings. The second-order valence-electron chi connectivity index (χ2n) is 12.7. The lowest BCUT2D eigenvalue weighted by Crippen LogP contribution is -2.32. The van der Waals surface area contributed by atoms with Crippen molar-refractivity contribution in [1.82, 2.24) is 0 Å². The average Bonchev–Trinajstić information content (AvgIpc) is 3.39. The zero-order valence-corrected chi connectivity index (χ0v) is 48.4. The van der Waals surface area contributed by atoms with Crippen LogP contribution in [-0.2, 0) is 43.0 Å². The highest BCUT2D eigenvalue weighted by Crippen LogP contribution is 2.30. The number of thiol groups is 10. The Morgan fingerprint density at radius 1 is 0.486 bits per heavy atom. The van der Waals surface area contributed by atoms with Crippen LogP contribution in [0.15, 0.2) is 0 Å². The zero-order valence-electron chi connectivity index (χ0n) is 39.4. The first kappa shape index (κ1) is 91.3. The SMILES string of the molecule is O=C(O)C1CCCCC1C(=O)O.O=COC1CCC(C(=O)O)CC1.O=COCO.O=COCS.OC(CS)C(O)CS.OC(S)C(O)S.OCC(O)CS.OCC(O)CS.OCCO.OCCS.SCCS. The van der Waals surface area contributed by atoms with Crippen molar-refractivity contribution in [2.45, 2.75) is 92.8 Å². The monoisotopic (exact) mass is 1240 g/mol. The van der Waals surface area contributed by atoms with Gasteiger partial charge in [-0.25, -0.2) is 0 Å². The van der Waals surface area contributed by atoms with Gasteiger partial charge in [-0.15, -0.1) is 37.9 Å². The molecule has 0 heterocycles. The van der Waals surface area contributed by atoms with Crippen LogP contribution in [0.3, 0.4) is 0 Å². The zero-order chi connectivity index (χ0) is 58.3. The van der Waals surface area contributed by atoms with E-state index in [1.807, 2.05) is 0 Å². The number of carboxylic acid groups (broad SMARTS) is 3. The van der Waals surface area contributed by atoms with E-state index in [4.69, 9.17) is 90.9 Å². The Bertz CT molecular complexity index is 1030. The van der Waals surface area contributed by atoms with Gasteiger partial charge in [-0.1, -0.05) is 12.8 Å². The number of hydrogen-bond donors (Lipinski definition) is 25. The highest BCUT2D eigenvalue weighted by Gasteiger charge is 2.35. The molecule has 0 spiro atoms. The summed E-state index contributed by atoms with van der Waals surface area (Å²) in [4.78, 5) is 59.8. The van der Waals surface area contributed by atoms with Crippen molar-refractivity contribution in [2.24, 2.45) is 17.8 Å². The molecule has 0 amide bonds. The Labute approximate surface area is 476 Å². The molecule has 0 bridgehead atoms. The van der Waals surface area contributed by atoms with Gasteiger partial charge < -0.3 is 90.8 Å². The molecule has 0 radical (unpaired) electrons. The normalized spacial score (nSPS) is 18.1. The maximum absolute atomic E-state index is 10.6. The van der Waals surface area contributed by atoms with E-state index in [0.29, 0.717) is 68.7 Å². The Kier molecular flexibility index (Phi) is 98.1. The molecule has 2 saturated carbocycles. The maximum atomic E-state index is 10.6. The summed E-state index contributed by atoms with van der Waals surface area (Å²) < 4.78 is 12.5. The molecule has 0 aromatic heterocycles. The predicted octanol–water partition coefficient (Wildman–Crippen LogP) is -1.76. The first-order valence-electron chi connectivity index (χ1n) is 20.8. The molecule has 72 heavy (non-hydrogen) atoms. The third kappa shape index (κ3) is 83.8. The highest BCUT2D eigenvalue weighted by molar-refractivity contribution is 7.85. The molecular weight excluding hydrogens is 1160 g/mol. The van der Waals surface area contributed by atoms with E-state index in [0.717, 1.165) is 24.3 Å². The molecule has 0 aliphatic heterocycles. The molecule has 0 aromatic rings. The molecule has 24 nitrogen and oxygen atoms in total. The molecule has 34 heteroatoms. The number of hydrogen-bond acceptors (Lipinski definition) is 31. The van der Waals surface area contributed by atoms with Crippen LogP contribution in [0.1, 0.15) is 51.4 Å². The molecular formula is C38H82O24S10. The third-order valence-electron chi connectivity index (χ3n) is 7.18. The fourth-order valence-corrected chi connectivity index (χ4v) is 4.44. The van der Waals surface area contributed by atoms with Crippen LogP contribution in [0, 0.1) is 17.8 Å². The maximum Gasteiger partial charge on any atom is 0.307 e. The summed E-state index contributed by atoms with van der Waals surface area (Å²) in [5.74, 6) is -0.542. The van der Waals surface area contributed by atoms with Crippen molar-refractivity contribution in [3.8, 4) is 0 Å². The molecule has 8 atom stereocenters. The van der Waals surface area contributed by atoms with E-state index in [1.54, 1.807) is 0 Å². The molecule has 15 N–H and O–H groups in total. The first-order valence-corrected chi connectivity index (χ1v) is 26.9. The van der Waals surface area contributed by atoms with Gasteiger partial charge in [0.25, 0.3) is 19.4 Å². The van der Waals surface area contributed by atoms with Crippen LogP contribution < -0.4 is 0 Å². The van der Waals surface area contributed by atoms with Gasteiger partial charge in [-0.05, 0) is 50.0 Å². The van der Waals surface area contributed by atoms with Crippen LogP contribution in [0.5, 0.6) is 0 Å². The van der Waals surface area contributed by atoms with Crippen molar-refractivity contribution < 1.29 is 120 Å². The molecule has 8 unspecified atom stereocenters. The minimum absolute atomic E-state index is 0.0573. The summed E-state index contributed by atoms with van der Waals surface area (Å²) in [7, 11) is 0.